The highest BCUT2D eigenvalue weighted by molar-refractivity contribution is 5.25. The molecule has 0 aliphatic heterocycles. The normalized spacial score (nSPS) is 17.5. The lowest BCUT2D eigenvalue weighted by Gasteiger charge is -2.36. The van der Waals surface area contributed by atoms with Gasteiger partial charge in [-0.05, 0) is 50.4 Å². The molecule has 1 saturated carbocycles. The van der Waals surface area contributed by atoms with Crippen LogP contribution in [0, 0.1) is 5.92 Å². The van der Waals surface area contributed by atoms with Crippen molar-refractivity contribution in [2.24, 2.45) is 5.92 Å². The van der Waals surface area contributed by atoms with Crippen LogP contribution in [0.3, 0.4) is 0 Å². The van der Waals surface area contributed by atoms with Crippen molar-refractivity contribution in [3.63, 3.8) is 0 Å². The van der Waals surface area contributed by atoms with Crippen LogP contribution in [-0.2, 0) is 6.42 Å². The predicted octanol–water partition coefficient (Wildman–Crippen LogP) is 3.63. The van der Waals surface area contributed by atoms with E-state index in [4.69, 9.17) is 0 Å². The van der Waals surface area contributed by atoms with Gasteiger partial charge in [0.25, 0.3) is 0 Å². The van der Waals surface area contributed by atoms with Crippen molar-refractivity contribution in [1.82, 2.24) is 10.2 Å². The summed E-state index contributed by atoms with van der Waals surface area (Å²) in [6.45, 7) is 5.65. The number of rotatable bonds is 7. The van der Waals surface area contributed by atoms with Crippen LogP contribution in [0.2, 0.25) is 0 Å². The Labute approximate surface area is 124 Å². The SMILES string of the molecule is CNC(CN(C)C1CCC1)c1ccc(CC(C)C)cc1. The van der Waals surface area contributed by atoms with E-state index in [1.54, 1.807) is 0 Å². The minimum absolute atomic E-state index is 0.439. The molecule has 20 heavy (non-hydrogen) atoms. The molecule has 1 N–H and O–H groups in total. The molecular weight excluding hydrogens is 244 g/mol. The summed E-state index contributed by atoms with van der Waals surface area (Å²) in [5, 5.41) is 3.47. The van der Waals surface area contributed by atoms with Crippen molar-refractivity contribution >= 4 is 0 Å². The standard InChI is InChI=1S/C18H30N2/c1-14(2)12-15-8-10-16(11-9-15)18(19-3)13-20(4)17-6-5-7-17/h8-11,14,17-19H,5-7,12-13H2,1-4H3. The molecule has 0 heterocycles. The molecule has 2 heteroatoms. The number of benzene rings is 1. The first-order valence-electron chi connectivity index (χ1n) is 8.06. The predicted molar refractivity (Wildman–Crippen MR) is 87.1 cm³/mol. The molecule has 0 radical (unpaired) electrons. The number of hydrogen-bond donors (Lipinski definition) is 1. The molecule has 1 atom stereocenters. The molecule has 1 aliphatic rings. The van der Waals surface area contributed by atoms with Crippen molar-refractivity contribution in [2.75, 3.05) is 20.6 Å². The maximum absolute atomic E-state index is 3.47. The molecule has 1 unspecified atom stereocenters. The summed E-state index contributed by atoms with van der Waals surface area (Å²) in [6.07, 6.45) is 5.33. The van der Waals surface area contributed by atoms with Crippen molar-refractivity contribution in [2.45, 2.75) is 51.6 Å². The zero-order valence-electron chi connectivity index (χ0n) is 13.5. The first-order chi connectivity index (χ1) is 9.60. The maximum Gasteiger partial charge on any atom is 0.0446 e. The van der Waals surface area contributed by atoms with Crippen LogP contribution < -0.4 is 5.32 Å². The zero-order valence-corrected chi connectivity index (χ0v) is 13.5. The lowest BCUT2D eigenvalue weighted by atomic mass is 9.91. The van der Waals surface area contributed by atoms with E-state index in [0.29, 0.717) is 6.04 Å². The minimum Gasteiger partial charge on any atom is -0.312 e. The number of nitrogens with zero attached hydrogens (tertiary/aromatic N) is 1. The van der Waals surface area contributed by atoms with Crippen molar-refractivity contribution in [3.05, 3.63) is 35.4 Å². The fourth-order valence-corrected chi connectivity index (χ4v) is 2.99. The highest BCUT2D eigenvalue weighted by Crippen LogP contribution is 2.25. The van der Waals surface area contributed by atoms with Gasteiger partial charge in [-0.3, -0.25) is 0 Å². The van der Waals surface area contributed by atoms with Gasteiger partial charge < -0.3 is 10.2 Å². The Morgan fingerprint density at radius 3 is 2.30 bits per heavy atom. The van der Waals surface area contributed by atoms with Crippen LogP contribution in [0.25, 0.3) is 0 Å². The van der Waals surface area contributed by atoms with Gasteiger partial charge in [0.2, 0.25) is 0 Å². The lowest BCUT2D eigenvalue weighted by molar-refractivity contribution is 0.147. The smallest absolute Gasteiger partial charge is 0.0446 e. The molecule has 1 aliphatic carbocycles. The second-order valence-electron chi connectivity index (χ2n) is 6.71. The van der Waals surface area contributed by atoms with Gasteiger partial charge in [0.15, 0.2) is 0 Å². The Kier molecular flexibility index (Phi) is 5.62. The Morgan fingerprint density at radius 1 is 1.20 bits per heavy atom. The molecule has 0 aromatic heterocycles. The third-order valence-corrected chi connectivity index (χ3v) is 4.54. The van der Waals surface area contributed by atoms with E-state index in [2.05, 4.69) is 62.4 Å². The van der Waals surface area contributed by atoms with Crippen LogP contribution in [0.15, 0.2) is 24.3 Å². The largest absolute Gasteiger partial charge is 0.312 e. The van der Waals surface area contributed by atoms with Gasteiger partial charge in [0.05, 0.1) is 0 Å². The number of hydrogen-bond acceptors (Lipinski definition) is 2. The third kappa shape index (κ3) is 4.07. The second-order valence-corrected chi connectivity index (χ2v) is 6.71. The summed E-state index contributed by atoms with van der Waals surface area (Å²) in [5.41, 5.74) is 2.86. The van der Waals surface area contributed by atoms with Crippen LogP contribution >= 0.6 is 0 Å². The van der Waals surface area contributed by atoms with E-state index in [0.717, 1.165) is 18.5 Å². The molecule has 2 nitrogen and oxygen atoms in total. The van der Waals surface area contributed by atoms with Gasteiger partial charge >= 0.3 is 0 Å². The summed E-state index contributed by atoms with van der Waals surface area (Å²) >= 11 is 0. The van der Waals surface area contributed by atoms with Crippen molar-refractivity contribution < 1.29 is 0 Å². The quantitative estimate of drug-likeness (QED) is 0.817. The summed E-state index contributed by atoms with van der Waals surface area (Å²) < 4.78 is 0. The molecule has 0 saturated heterocycles. The molecule has 0 bridgehead atoms. The van der Waals surface area contributed by atoms with Crippen LogP contribution in [0.5, 0.6) is 0 Å². The van der Waals surface area contributed by atoms with Gasteiger partial charge in [0.1, 0.15) is 0 Å². The van der Waals surface area contributed by atoms with Crippen LogP contribution in [-0.4, -0.2) is 31.6 Å². The summed E-state index contributed by atoms with van der Waals surface area (Å²) in [5.74, 6) is 0.727. The van der Waals surface area contributed by atoms with Crippen LogP contribution in [0.1, 0.15) is 50.3 Å². The van der Waals surface area contributed by atoms with E-state index in [9.17, 15) is 0 Å². The fraction of sp³-hybridized carbons (Fsp3) is 0.667. The summed E-state index contributed by atoms with van der Waals surface area (Å²) in [7, 11) is 4.34. The van der Waals surface area contributed by atoms with Gasteiger partial charge in [-0.25, -0.2) is 0 Å². The molecule has 1 aromatic carbocycles. The lowest BCUT2D eigenvalue weighted by Crippen LogP contribution is -2.41. The molecule has 112 valence electrons. The van der Waals surface area contributed by atoms with Crippen molar-refractivity contribution in [1.29, 1.82) is 0 Å². The Hall–Kier alpha value is -0.860. The second kappa shape index (κ2) is 7.24. The first-order valence-corrected chi connectivity index (χ1v) is 8.06. The molecule has 2 rings (SSSR count). The Bertz CT molecular complexity index is 392. The van der Waals surface area contributed by atoms with Gasteiger partial charge in [0, 0.05) is 18.6 Å². The van der Waals surface area contributed by atoms with Gasteiger partial charge in [-0.2, -0.15) is 0 Å². The monoisotopic (exact) mass is 274 g/mol. The molecule has 1 aromatic rings. The van der Waals surface area contributed by atoms with Crippen molar-refractivity contribution in [3.8, 4) is 0 Å². The van der Waals surface area contributed by atoms with E-state index in [-0.39, 0.29) is 0 Å². The summed E-state index contributed by atoms with van der Waals surface area (Å²) in [4.78, 5) is 2.52. The highest BCUT2D eigenvalue weighted by Gasteiger charge is 2.24. The highest BCUT2D eigenvalue weighted by atomic mass is 15.2. The molecule has 0 amide bonds. The molecular formula is C18H30N2. The first kappa shape index (κ1) is 15.5. The van der Waals surface area contributed by atoms with Gasteiger partial charge in [-0.15, -0.1) is 0 Å². The van der Waals surface area contributed by atoms with Gasteiger partial charge in [-0.1, -0.05) is 44.5 Å². The molecule has 1 fully saturated rings. The van der Waals surface area contributed by atoms with E-state index >= 15 is 0 Å². The number of likely N-dealkylation sites (N-methyl/N-ethyl adjacent to an activating group) is 2. The zero-order chi connectivity index (χ0) is 14.5. The Balaban J connectivity index is 1.95. The Morgan fingerprint density at radius 2 is 1.85 bits per heavy atom. The fourth-order valence-electron chi connectivity index (χ4n) is 2.99. The van der Waals surface area contributed by atoms with E-state index < -0.39 is 0 Å². The minimum atomic E-state index is 0.439. The maximum atomic E-state index is 3.47. The third-order valence-electron chi connectivity index (χ3n) is 4.54. The average molecular weight is 274 g/mol. The number of nitrogens with one attached hydrogen (secondary N) is 1. The average Bonchev–Trinajstić information content (AvgIpc) is 2.34. The topological polar surface area (TPSA) is 15.3 Å². The van der Waals surface area contributed by atoms with E-state index in [1.807, 2.05) is 0 Å². The van der Waals surface area contributed by atoms with E-state index in [1.165, 1.54) is 36.8 Å². The van der Waals surface area contributed by atoms with Crippen LogP contribution in [0.4, 0.5) is 0 Å². The summed E-state index contributed by atoms with van der Waals surface area (Å²) in [6, 6.07) is 10.4. The molecule has 0 spiro atoms.